The Morgan fingerprint density at radius 2 is 1.88 bits per heavy atom. The lowest BCUT2D eigenvalue weighted by Crippen LogP contribution is -2.48. The number of aromatic nitrogens is 1. The predicted octanol–water partition coefficient (Wildman–Crippen LogP) is 1.97. The second-order valence-corrected chi connectivity index (χ2v) is 6.50. The van der Waals surface area contributed by atoms with E-state index in [1.54, 1.807) is 13.2 Å². The molecule has 0 saturated heterocycles. The summed E-state index contributed by atoms with van der Waals surface area (Å²) >= 11 is 0. The molecule has 0 aliphatic carbocycles. The minimum Gasteiger partial charge on any atom is -0.370 e. The summed E-state index contributed by atoms with van der Waals surface area (Å²) in [5, 5.41) is 12.4. The molecule has 0 spiro atoms. The summed E-state index contributed by atoms with van der Waals surface area (Å²) in [5.74, 6) is 1.48. The highest BCUT2D eigenvalue weighted by atomic mass is 127. The molecule has 0 unspecified atom stereocenters. The van der Waals surface area contributed by atoms with E-state index < -0.39 is 0 Å². The SMILES string of the molecule is CN=C(NCCCCNc1ccccn1)NCC(=O)NC(C)(C)C.I. The van der Waals surface area contributed by atoms with Gasteiger partial charge in [0.25, 0.3) is 0 Å². The van der Waals surface area contributed by atoms with Gasteiger partial charge < -0.3 is 21.3 Å². The first kappa shape index (κ1) is 23.4. The Labute approximate surface area is 167 Å². The largest absolute Gasteiger partial charge is 0.370 e. The molecule has 0 radical (unpaired) electrons. The third-order valence-corrected chi connectivity index (χ3v) is 3.02. The number of unbranched alkanes of at least 4 members (excludes halogenated alkanes) is 1. The number of rotatable bonds is 8. The van der Waals surface area contributed by atoms with Crippen molar-refractivity contribution in [3.63, 3.8) is 0 Å². The lowest BCUT2D eigenvalue weighted by Gasteiger charge is -2.21. The van der Waals surface area contributed by atoms with Gasteiger partial charge >= 0.3 is 0 Å². The van der Waals surface area contributed by atoms with Crippen molar-refractivity contribution in [1.29, 1.82) is 0 Å². The number of halogens is 1. The molecule has 25 heavy (non-hydrogen) atoms. The molecule has 8 heteroatoms. The molecule has 0 aliphatic rings. The topological polar surface area (TPSA) is 90.4 Å². The number of guanidine groups is 1. The first-order chi connectivity index (χ1) is 11.4. The zero-order valence-electron chi connectivity index (χ0n) is 15.6. The van der Waals surface area contributed by atoms with Crippen LogP contribution in [0.15, 0.2) is 29.4 Å². The summed E-state index contributed by atoms with van der Waals surface area (Å²) in [7, 11) is 1.69. The van der Waals surface area contributed by atoms with Crippen LogP contribution < -0.4 is 21.3 Å². The molecule has 0 aliphatic heterocycles. The average Bonchev–Trinajstić information content (AvgIpc) is 2.52. The highest BCUT2D eigenvalue weighted by molar-refractivity contribution is 14.0. The monoisotopic (exact) mass is 462 g/mol. The molecule has 1 rings (SSSR count). The van der Waals surface area contributed by atoms with Crippen molar-refractivity contribution < 1.29 is 4.79 Å². The van der Waals surface area contributed by atoms with E-state index in [4.69, 9.17) is 0 Å². The van der Waals surface area contributed by atoms with Crippen LogP contribution in [0.1, 0.15) is 33.6 Å². The Hall–Kier alpha value is -1.58. The number of amides is 1. The summed E-state index contributed by atoms with van der Waals surface area (Å²) in [6.07, 6.45) is 3.79. The Balaban J connectivity index is 0.00000576. The van der Waals surface area contributed by atoms with Gasteiger partial charge in [0.2, 0.25) is 5.91 Å². The summed E-state index contributed by atoms with van der Waals surface area (Å²) in [5.41, 5.74) is -0.226. The van der Waals surface area contributed by atoms with E-state index >= 15 is 0 Å². The van der Waals surface area contributed by atoms with Gasteiger partial charge in [-0.2, -0.15) is 0 Å². The maximum Gasteiger partial charge on any atom is 0.239 e. The van der Waals surface area contributed by atoms with Gasteiger partial charge in [-0.1, -0.05) is 6.07 Å². The fourth-order valence-corrected chi connectivity index (χ4v) is 1.99. The second-order valence-electron chi connectivity index (χ2n) is 6.50. The van der Waals surface area contributed by atoms with Crippen LogP contribution in [0.3, 0.4) is 0 Å². The average molecular weight is 462 g/mol. The summed E-state index contributed by atoms with van der Waals surface area (Å²) in [6, 6.07) is 5.81. The number of hydrogen-bond acceptors (Lipinski definition) is 4. The smallest absolute Gasteiger partial charge is 0.239 e. The van der Waals surface area contributed by atoms with Gasteiger partial charge in [0.1, 0.15) is 5.82 Å². The van der Waals surface area contributed by atoms with Crippen molar-refractivity contribution in [3.05, 3.63) is 24.4 Å². The summed E-state index contributed by atoms with van der Waals surface area (Å²) in [4.78, 5) is 20.1. The number of nitrogens with one attached hydrogen (secondary N) is 4. The zero-order valence-corrected chi connectivity index (χ0v) is 17.9. The molecular formula is C17H31IN6O. The van der Waals surface area contributed by atoms with Crippen LogP contribution in [0.4, 0.5) is 5.82 Å². The Morgan fingerprint density at radius 3 is 2.48 bits per heavy atom. The molecule has 1 aromatic rings. The van der Waals surface area contributed by atoms with E-state index in [2.05, 4.69) is 31.2 Å². The number of carbonyl (C=O) groups is 1. The molecule has 142 valence electrons. The predicted molar refractivity (Wildman–Crippen MR) is 115 cm³/mol. The zero-order chi connectivity index (χ0) is 17.8. The van der Waals surface area contributed by atoms with Gasteiger partial charge in [-0.15, -0.1) is 24.0 Å². The van der Waals surface area contributed by atoms with Gasteiger partial charge in [0.15, 0.2) is 5.96 Å². The van der Waals surface area contributed by atoms with Crippen LogP contribution in [0.5, 0.6) is 0 Å². The van der Waals surface area contributed by atoms with Crippen molar-refractivity contribution in [1.82, 2.24) is 20.9 Å². The number of nitrogens with zero attached hydrogens (tertiary/aromatic N) is 2. The van der Waals surface area contributed by atoms with E-state index in [1.165, 1.54) is 0 Å². The molecule has 1 heterocycles. The van der Waals surface area contributed by atoms with E-state index in [0.29, 0.717) is 5.96 Å². The first-order valence-electron chi connectivity index (χ1n) is 8.31. The first-order valence-corrected chi connectivity index (χ1v) is 8.31. The summed E-state index contributed by atoms with van der Waals surface area (Å²) in [6.45, 7) is 7.74. The molecule has 0 atom stereocenters. The number of hydrogen-bond donors (Lipinski definition) is 4. The van der Waals surface area contributed by atoms with Crippen molar-refractivity contribution in [2.24, 2.45) is 4.99 Å². The maximum atomic E-state index is 11.8. The molecule has 7 nitrogen and oxygen atoms in total. The van der Waals surface area contributed by atoms with Gasteiger partial charge in [0.05, 0.1) is 6.54 Å². The Morgan fingerprint density at radius 1 is 1.16 bits per heavy atom. The minimum absolute atomic E-state index is 0. The van der Waals surface area contributed by atoms with Crippen LogP contribution >= 0.6 is 24.0 Å². The standard InChI is InChI=1S/C17H30N6O.HI/c1-17(2,3)23-15(24)13-22-16(18-4)21-12-8-7-11-20-14-9-5-6-10-19-14;/h5-6,9-10H,7-8,11-13H2,1-4H3,(H,19,20)(H,23,24)(H2,18,21,22);1H. The van der Waals surface area contributed by atoms with Crippen molar-refractivity contribution >= 4 is 41.7 Å². The highest BCUT2D eigenvalue weighted by Crippen LogP contribution is 2.00. The number of anilines is 1. The van der Waals surface area contributed by atoms with Crippen molar-refractivity contribution in [2.75, 3.05) is 32.0 Å². The third kappa shape index (κ3) is 12.4. The molecule has 1 amide bonds. The van der Waals surface area contributed by atoms with Gasteiger partial charge in [-0.25, -0.2) is 4.98 Å². The lowest BCUT2D eigenvalue weighted by molar-refractivity contribution is -0.121. The minimum atomic E-state index is -0.226. The van der Waals surface area contributed by atoms with Crippen LogP contribution in [0.2, 0.25) is 0 Å². The Kier molecular flexibility index (Phi) is 11.9. The number of carbonyl (C=O) groups excluding carboxylic acids is 1. The number of aliphatic imine (C=N–C) groups is 1. The fourth-order valence-electron chi connectivity index (χ4n) is 1.99. The van der Waals surface area contributed by atoms with Crippen LogP contribution in [0.25, 0.3) is 0 Å². The fraction of sp³-hybridized carbons (Fsp3) is 0.588. The lowest BCUT2D eigenvalue weighted by atomic mass is 10.1. The highest BCUT2D eigenvalue weighted by Gasteiger charge is 2.13. The van der Waals surface area contributed by atoms with Gasteiger partial charge in [0, 0.05) is 31.9 Å². The van der Waals surface area contributed by atoms with E-state index in [-0.39, 0.29) is 42.0 Å². The van der Waals surface area contributed by atoms with Crippen molar-refractivity contribution in [3.8, 4) is 0 Å². The second kappa shape index (κ2) is 12.7. The van der Waals surface area contributed by atoms with Crippen molar-refractivity contribution in [2.45, 2.75) is 39.2 Å². The molecule has 4 N–H and O–H groups in total. The molecule has 1 aromatic heterocycles. The van der Waals surface area contributed by atoms with Crippen LogP contribution in [-0.4, -0.2) is 49.1 Å². The molecular weight excluding hydrogens is 431 g/mol. The molecule has 0 fully saturated rings. The van der Waals surface area contributed by atoms with Crippen LogP contribution in [0, 0.1) is 0 Å². The van der Waals surface area contributed by atoms with E-state index in [9.17, 15) is 4.79 Å². The quantitative estimate of drug-likeness (QED) is 0.205. The summed E-state index contributed by atoms with van der Waals surface area (Å²) < 4.78 is 0. The van der Waals surface area contributed by atoms with Crippen LogP contribution in [-0.2, 0) is 4.79 Å². The van der Waals surface area contributed by atoms with E-state index in [1.807, 2.05) is 39.0 Å². The van der Waals surface area contributed by atoms with Gasteiger partial charge in [-0.05, 0) is 45.7 Å². The Bertz CT molecular complexity index is 516. The molecule has 0 bridgehead atoms. The number of pyridine rings is 1. The molecule has 0 aromatic carbocycles. The maximum absolute atomic E-state index is 11.8. The van der Waals surface area contributed by atoms with Gasteiger partial charge in [-0.3, -0.25) is 9.79 Å². The van der Waals surface area contributed by atoms with E-state index in [0.717, 1.165) is 31.7 Å². The molecule has 0 saturated carbocycles. The third-order valence-electron chi connectivity index (χ3n) is 3.02. The normalized spacial score (nSPS) is 11.3.